The van der Waals surface area contributed by atoms with E-state index in [-0.39, 0.29) is 11.8 Å². The molecule has 0 bridgehead atoms. The second-order valence-corrected chi connectivity index (χ2v) is 12.7. The van der Waals surface area contributed by atoms with Crippen LogP contribution >= 0.6 is 0 Å². The predicted octanol–water partition coefficient (Wildman–Crippen LogP) is 9.06. The van der Waals surface area contributed by atoms with E-state index in [0.29, 0.717) is 46.0 Å². The molecule has 0 aliphatic heterocycles. The molecule has 2 heterocycles. The molecule has 2 aromatic heterocycles. The summed E-state index contributed by atoms with van der Waals surface area (Å²) >= 11 is 0. The molecule has 0 saturated carbocycles. The van der Waals surface area contributed by atoms with Gasteiger partial charge in [-0.15, -0.1) is 0 Å². The zero-order valence-corrected chi connectivity index (χ0v) is 30.2. The molecule has 4 aromatic carbocycles. The van der Waals surface area contributed by atoms with Crippen molar-refractivity contribution < 1.29 is 28.8 Å². The molecule has 10 nitrogen and oxygen atoms in total. The Kier molecular flexibility index (Phi) is 11.5. The molecule has 0 aliphatic rings. The summed E-state index contributed by atoms with van der Waals surface area (Å²) in [4.78, 5) is 8.88. The van der Waals surface area contributed by atoms with Gasteiger partial charge in [0, 0.05) is 0 Å². The molecular weight excluding hydrogens is 652 g/mol. The highest BCUT2D eigenvalue weighted by Crippen LogP contribution is 2.30. The molecule has 0 radical (unpaired) electrons. The lowest BCUT2D eigenvalue weighted by Gasteiger charge is -2.09. The van der Waals surface area contributed by atoms with Gasteiger partial charge in [-0.05, 0) is 96.8 Å². The summed E-state index contributed by atoms with van der Waals surface area (Å²) in [5.74, 6) is 4.06. The largest absolute Gasteiger partial charge is 0.487 e. The van der Waals surface area contributed by atoms with Crippen LogP contribution in [0, 0.1) is 0 Å². The monoisotopic (exact) mass is 698 g/mol. The average molecular weight is 699 g/mol. The summed E-state index contributed by atoms with van der Waals surface area (Å²) < 4.78 is 19.9. The van der Waals surface area contributed by atoms with Gasteiger partial charge in [-0.1, -0.05) is 51.0 Å². The molecule has 6 rings (SSSR count). The first-order valence-corrected chi connectivity index (χ1v) is 17.7. The maximum atomic E-state index is 10.8. The van der Waals surface area contributed by atoms with Crippen molar-refractivity contribution in [3.63, 3.8) is 0 Å². The van der Waals surface area contributed by atoms with Gasteiger partial charge in [-0.25, -0.2) is 28.3 Å². The van der Waals surface area contributed by atoms with Crippen molar-refractivity contribution in [3.05, 3.63) is 133 Å². The van der Waals surface area contributed by atoms with Crippen LogP contribution in [0.3, 0.4) is 0 Å². The van der Waals surface area contributed by atoms with E-state index < -0.39 is 0 Å². The number of aromatic nitrogens is 4. The minimum atomic E-state index is -0.0244. The van der Waals surface area contributed by atoms with E-state index in [9.17, 15) is 10.2 Å². The van der Waals surface area contributed by atoms with Crippen LogP contribution in [0.4, 0.5) is 11.4 Å². The number of ether oxygens (including phenoxy) is 2. The van der Waals surface area contributed by atoms with Crippen molar-refractivity contribution in [2.45, 2.75) is 52.6 Å². The molecule has 0 atom stereocenters. The van der Waals surface area contributed by atoms with E-state index in [1.54, 1.807) is 0 Å². The summed E-state index contributed by atoms with van der Waals surface area (Å²) in [6.07, 6.45) is 12.0. The number of unbranched alkanes of at least 4 members (excludes halogenated alkanes) is 2. The molecule has 0 amide bonds. The molecule has 10 heteroatoms. The third-order valence-electron chi connectivity index (χ3n) is 8.71. The molecule has 52 heavy (non-hydrogen) atoms. The Morgan fingerprint density at radius 2 is 0.865 bits per heavy atom. The number of aliphatic hydroxyl groups excluding tert-OH is 2. The molecule has 2 N–H and O–H groups in total. The highest BCUT2D eigenvalue weighted by Gasteiger charge is 2.22. The topological polar surface area (TPSA) is 101 Å². The minimum absolute atomic E-state index is 0.0244. The number of hydrogen-bond acceptors (Lipinski definition) is 4. The van der Waals surface area contributed by atoms with Crippen molar-refractivity contribution in [1.82, 2.24) is 9.13 Å². The average Bonchev–Trinajstić information content (AvgIpc) is 3.73. The van der Waals surface area contributed by atoms with Crippen molar-refractivity contribution in [3.8, 4) is 34.1 Å². The lowest BCUT2D eigenvalue weighted by Crippen LogP contribution is -2.35. The summed E-state index contributed by atoms with van der Waals surface area (Å²) in [7, 11) is 3.80. The van der Waals surface area contributed by atoms with E-state index in [2.05, 4.69) is 23.8 Å². The molecular formula is C42H46N6O4+2. The molecule has 0 unspecified atom stereocenters. The zero-order valence-electron chi connectivity index (χ0n) is 30.2. The van der Waals surface area contributed by atoms with Gasteiger partial charge in [0.15, 0.2) is 0 Å². The Hall–Kier alpha value is -6.16. The van der Waals surface area contributed by atoms with Crippen LogP contribution in [-0.2, 0) is 27.2 Å². The van der Waals surface area contributed by atoms with Crippen LogP contribution in [-0.4, -0.2) is 31.1 Å². The maximum absolute atomic E-state index is 10.8. The van der Waals surface area contributed by atoms with E-state index in [0.717, 1.165) is 49.9 Å². The number of aliphatic hydroxyl groups is 2. The fourth-order valence-electron chi connectivity index (χ4n) is 5.86. The lowest BCUT2D eigenvalue weighted by molar-refractivity contribution is -0.673. The van der Waals surface area contributed by atoms with Crippen molar-refractivity contribution in [2.75, 3.05) is 0 Å². The van der Waals surface area contributed by atoms with Gasteiger partial charge < -0.3 is 19.7 Å². The van der Waals surface area contributed by atoms with Gasteiger partial charge >= 0.3 is 23.4 Å². The number of aryl methyl sites for hydroxylation is 4. The Bertz CT molecular complexity index is 1970. The second-order valence-electron chi connectivity index (χ2n) is 12.7. The summed E-state index contributed by atoms with van der Waals surface area (Å²) in [6, 6.07) is 30.5. The Balaban J connectivity index is 1.04. The lowest BCUT2D eigenvalue weighted by atomic mass is 10.1. The number of benzene rings is 4. The van der Waals surface area contributed by atoms with Crippen LogP contribution in [0.1, 0.15) is 51.2 Å². The van der Waals surface area contributed by atoms with Gasteiger partial charge in [-0.3, -0.25) is 0 Å². The van der Waals surface area contributed by atoms with Gasteiger partial charge in [0.25, 0.3) is 0 Å². The highest BCUT2D eigenvalue weighted by atomic mass is 16.5. The zero-order chi connectivity index (χ0) is 36.5. The first kappa shape index (κ1) is 35.7. The smallest absolute Gasteiger partial charge is 0.344 e. The molecule has 0 fully saturated rings. The quantitative estimate of drug-likeness (QED) is 0.0635. The third kappa shape index (κ3) is 8.76. The summed E-state index contributed by atoms with van der Waals surface area (Å²) in [5.41, 5.74) is 3.37. The molecule has 0 aliphatic carbocycles. The summed E-state index contributed by atoms with van der Waals surface area (Å²) in [6.45, 7) is 5.94. The fourth-order valence-corrected chi connectivity index (χ4v) is 5.86. The van der Waals surface area contributed by atoms with Gasteiger partial charge in [0.1, 0.15) is 47.8 Å². The second kappa shape index (κ2) is 16.7. The van der Waals surface area contributed by atoms with E-state index in [1.165, 1.54) is 0 Å². The van der Waals surface area contributed by atoms with E-state index in [1.807, 2.05) is 154 Å². The predicted molar refractivity (Wildman–Crippen MR) is 204 cm³/mol. The normalized spacial score (nSPS) is 11.9. The van der Waals surface area contributed by atoms with Crippen LogP contribution in [0.25, 0.3) is 11.1 Å². The number of nitrogens with zero attached hydrogens (tertiary/aromatic N) is 6. The fraction of sp³-hybridized carbons (Fsp3) is 0.238. The van der Waals surface area contributed by atoms with Crippen molar-refractivity contribution in [2.24, 2.45) is 24.1 Å². The number of hydrogen-bond donors (Lipinski definition) is 2. The van der Waals surface area contributed by atoms with Gasteiger partial charge in [0.05, 0.1) is 38.6 Å². The third-order valence-corrected chi connectivity index (χ3v) is 8.71. The number of imidazole rings is 2. The number of aliphatic imine (C=N–C) groups is 2. The van der Waals surface area contributed by atoms with Crippen LogP contribution in [0.5, 0.6) is 23.0 Å². The molecule has 0 saturated heterocycles. The first-order valence-electron chi connectivity index (χ1n) is 17.7. The Labute approximate surface area is 304 Å². The highest BCUT2D eigenvalue weighted by molar-refractivity contribution is 5.90. The van der Waals surface area contributed by atoms with Crippen molar-refractivity contribution >= 4 is 23.2 Å². The Morgan fingerprint density at radius 3 is 1.19 bits per heavy atom. The van der Waals surface area contributed by atoms with Crippen LogP contribution in [0.15, 0.2) is 132 Å². The molecule has 266 valence electrons. The Morgan fingerprint density at radius 1 is 0.538 bits per heavy atom. The van der Waals surface area contributed by atoms with Crippen LogP contribution in [0.2, 0.25) is 0 Å². The van der Waals surface area contributed by atoms with Crippen LogP contribution < -0.4 is 18.6 Å². The van der Waals surface area contributed by atoms with Crippen molar-refractivity contribution in [1.29, 1.82) is 0 Å². The minimum Gasteiger partial charge on any atom is -0.487 e. The molecule has 6 aromatic rings. The summed E-state index contributed by atoms with van der Waals surface area (Å²) in [5, 5.41) is 21.6. The first-order chi connectivity index (χ1) is 25.3. The number of rotatable bonds is 15. The van der Waals surface area contributed by atoms with Gasteiger partial charge in [0.2, 0.25) is 0 Å². The maximum Gasteiger partial charge on any atom is 0.344 e. The van der Waals surface area contributed by atoms with E-state index in [4.69, 9.17) is 9.47 Å². The van der Waals surface area contributed by atoms with E-state index >= 15 is 0 Å². The SMILES string of the molecule is CCCCn1cc[n+](C)c1C(O)=Nc1ccc(Oc2ccc(-c3ccc(Oc4ccc(N=C(O)c5n(CCCC)cc[n+]5C)cc4)cc3)cc2)cc1. The van der Waals surface area contributed by atoms with Gasteiger partial charge in [-0.2, -0.15) is 0 Å². The standard InChI is InChI=1S/C42H44N6O4/c1-5-7-25-47-29-27-45(3)41(47)39(49)43-33-13-21-37(22-14-33)51-35-17-9-31(10-18-35)32-11-19-36(20-12-32)52-38-23-15-34(16-24-38)44-40(50)42-46(4)28-30-48(42)26-8-6-2/h9-24,27-30H,5-8,25-26H2,1-4H3/p+2. The molecule has 0 spiro atoms.